The zero-order valence-corrected chi connectivity index (χ0v) is 8.73. The van der Waals surface area contributed by atoms with E-state index in [1.165, 1.54) is 6.08 Å². The lowest BCUT2D eigenvalue weighted by atomic mass is 9.91. The highest BCUT2D eigenvalue weighted by atomic mass is 16.6. The number of hydrogen-bond donors (Lipinski definition) is 3. The summed E-state index contributed by atoms with van der Waals surface area (Å²) in [5, 5.41) is 22.6. The molecular formula is C9H15N3O3. The van der Waals surface area contributed by atoms with Gasteiger partial charge in [-0.3, -0.25) is 15.4 Å². The Morgan fingerprint density at radius 1 is 1.80 bits per heavy atom. The van der Waals surface area contributed by atoms with E-state index in [2.05, 4.69) is 5.32 Å². The Kier molecular flexibility index (Phi) is 3.11. The molecule has 0 saturated carbocycles. The summed E-state index contributed by atoms with van der Waals surface area (Å²) in [6.45, 7) is 3.40. The van der Waals surface area contributed by atoms with Gasteiger partial charge in [0.25, 0.3) is 5.70 Å². The molecule has 0 amide bonds. The smallest absolute Gasteiger partial charge is 0.287 e. The molecule has 0 aromatic rings. The SMILES string of the molecule is C[C@H](O)N[C@@]1(C)C=C(N)C([N+](=O)[O-])=CC1. The summed E-state index contributed by atoms with van der Waals surface area (Å²) < 4.78 is 0. The maximum atomic E-state index is 10.5. The van der Waals surface area contributed by atoms with Crippen LogP contribution in [-0.2, 0) is 0 Å². The van der Waals surface area contributed by atoms with Gasteiger partial charge in [0.1, 0.15) is 11.9 Å². The highest BCUT2D eigenvalue weighted by Crippen LogP contribution is 2.24. The molecule has 0 aliphatic heterocycles. The van der Waals surface area contributed by atoms with Gasteiger partial charge in [-0.2, -0.15) is 0 Å². The van der Waals surface area contributed by atoms with Crippen LogP contribution in [0, 0.1) is 10.1 Å². The summed E-state index contributed by atoms with van der Waals surface area (Å²) in [7, 11) is 0. The fourth-order valence-corrected chi connectivity index (χ4v) is 1.66. The van der Waals surface area contributed by atoms with Gasteiger partial charge in [-0.25, -0.2) is 0 Å². The van der Waals surface area contributed by atoms with Crippen LogP contribution in [-0.4, -0.2) is 21.8 Å². The number of hydrogen-bond acceptors (Lipinski definition) is 5. The summed E-state index contributed by atoms with van der Waals surface area (Å²) >= 11 is 0. The highest BCUT2D eigenvalue weighted by Gasteiger charge is 2.30. The summed E-state index contributed by atoms with van der Waals surface area (Å²) in [6.07, 6.45) is 2.77. The van der Waals surface area contributed by atoms with Crippen LogP contribution in [0.5, 0.6) is 0 Å². The molecule has 0 heterocycles. The van der Waals surface area contributed by atoms with Gasteiger partial charge >= 0.3 is 0 Å². The fourth-order valence-electron chi connectivity index (χ4n) is 1.66. The Bertz CT molecular complexity index is 335. The van der Waals surface area contributed by atoms with E-state index in [0.717, 1.165) is 0 Å². The first kappa shape index (κ1) is 11.7. The molecule has 0 aromatic heterocycles. The quantitative estimate of drug-likeness (QED) is 0.350. The van der Waals surface area contributed by atoms with Crippen LogP contribution in [0.3, 0.4) is 0 Å². The van der Waals surface area contributed by atoms with Crippen molar-refractivity contribution in [3.05, 3.63) is 33.7 Å². The van der Waals surface area contributed by atoms with Gasteiger partial charge in [0.2, 0.25) is 0 Å². The number of nitrogens with two attached hydrogens (primary N) is 1. The third-order valence-corrected chi connectivity index (χ3v) is 2.22. The van der Waals surface area contributed by atoms with Crippen LogP contribution in [0.15, 0.2) is 23.5 Å². The highest BCUT2D eigenvalue weighted by molar-refractivity contribution is 5.31. The molecule has 1 aliphatic rings. The van der Waals surface area contributed by atoms with E-state index >= 15 is 0 Å². The van der Waals surface area contributed by atoms with E-state index in [1.54, 1.807) is 13.0 Å². The molecule has 1 aliphatic carbocycles. The largest absolute Gasteiger partial charge is 0.393 e. The van der Waals surface area contributed by atoms with E-state index in [9.17, 15) is 15.2 Å². The normalized spacial score (nSPS) is 27.9. The number of nitro groups is 1. The van der Waals surface area contributed by atoms with Gasteiger partial charge in [-0.05, 0) is 32.4 Å². The van der Waals surface area contributed by atoms with Crippen molar-refractivity contribution in [3.8, 4) is 0 Å². The van der Waals surface area contributed by atoms with Crippen molar-refractivity contribution in [1.29, 1.82) is 0 Å². The minimum atomic E-state index is -0.690. The van der Waals surface area contributed by atoms with Gasteiger partial charge < -0.3 is 10.8 Å². The molecule has 0 radical (unpaired) electrons. The van der Waals surface area contributed by atoms with Gasteiger partial charge in [-0.15, -0.1) is 0 Å². The minimum absolute atomic E-state index is 0.0696. The fraction of sp³-hybridized carbons (Fsp3) is 0.556. The molecule has 4 N–H and O–H groups in total. The summed E-state index contributed by atoms with van der Waals surface area (Å²) in [4.78, 5) is 10.0. The van der Waals surface area contributed by atoms with Crippen LogP contribution in [0.2, 0.25) is 0 Å². The maximum Gasteiger partial charge on any atom is 0.287 e. The van der Waals surface area contributed by atoms with Crippen molar-refractivity contribution in [2.45, 2.75) is 32.0 Å². The van der Waals surface area contributed by atoms with Crippen LogP contribution < -0.4 is 11.1 Å². The number of nitrogens with one attached hydrogen (secondary N) is 1. The zero-order valence-electron chi connectivity index (χ0n) is 8.73. The van der Waals surface area contributed by atoms with Gasteiger partial charge in [0.15, 0.2) is 0 Å². The van der Waals surface area contributed by atoms with E-state index in [0.29, 0.717) is 6.42 Å². The Balaban J connectivity index is 2.85. The van der Waals surface area contributed by atoms with Gasteiger partial charge in [0, 0.05) is 5.54 Å². The van der Waals surface area contributed by atoms with E-state index in [-0.39, 0.29) is 11.4 Å². The lowest BCUT2D eigenvalue weighted by Gasteiger charge is -2.30. The zero-order chi connectivity index (χ0) is 11.6. The number of nitrogens with zero attached hydrogens (tertiary/aromatic N) is 1. The lowest BCUT2D eigenvalue weighted by Crippen LogP contribution is -2.47. The first-order valence-electron chi connectivity index (χ1n) is 4.63. The first-order chi connectivity index (χ1) is 6.84. The standard InChI is InChI=1S/C9H15N3O3/c1-6(13)11-9(2)4-3-8(12(14)15)7(10)5-9/h3,5-6,11,13H,4,10H2,1-2H3/t6-,9+/m0/s1. The third kappa shape index (κ3) is 2.77. The predicted octanol–water partition coefficient (Wildman–Crippen LogP) is 0.0799. The molecule has 2 atom stereocenters. The molecule has 6 nitrogen and oxygen atoms in total. The Morgan fingerprint density at radius 3 is 2.80 bits per heavy atom. The molecule has 0 aromatic carbocycles. The van der Waals surface area contributed by atoms with Crippen LogP contribution in [0.4, 0.5) is 0 Å². The molecule has 0 saturated heterocycles. The molecule has 0 unspecified atom stereocenters. The molecule has 6 heteroatoms. The molecule has 0 bridgehead atoms. The predicted molar refractivity (Wildman–Crippen MR) is 55.2 cm³/mol. The average molecular weight is 213 g/mol. The number of rotatable bonds is 3. The van der Waals surface area contributed by atoms with E-state index in [4.69, 9.17) is 5.73 Å². The summed E-state index contributed by atoms with van der Waals surface area (Å²) in [5.41, 5.74) is 5.09. The molecule has 0 fully saturated rings. The maximum absolute atomic E-state index is 10.5. The molecule has 1 rings (SSSR count). The van der Waals surface area contributed by atoms with Crippen molar-refractivity contribution in [1.82, 2.24) is 5.32 Å². The molecule has 15 heavy (non-hydrogen) atoms. The van der Waals surface area contributed by atoms with Crippen molar-refractivity contribution in [2.75, 3.05) is 0 Å². The van der Waals surface area contributed by atoms with Crippen molar-refractivity contribution in [2.24, 2.45) is 5.73 Å². The van der Waals surface area contributed by atoms with Crippen molar-refractivity contribution >= 4 is 0 Å². The van der Waals surface area contributed by atoms with Gasteiger partial charge in [0.05, 0.1) is 4.92 Å². The second-order valence-electron chi connectivity index (χ2n) is 3.89. The molecular weight excluding hydrogens is 198 g/mol. The Morgan fingerprint density at radius 2 is 2.40 bits per heavy atom. The van der Waals surface area contributed by atoms with Crippen molar-refractivity contribution < 1.29 is 10.0 Å². The van der Waals surface area contributed by atoms with Crippen molar-refractivity contribution in [3.63, 3.8) is 0 Å². The van der Waals surface area contributed by atoms with E-state index in [1.807, 2.05) is 6.92 Å². The topological polar surface area (TPSA) is 101 Å². The first-order valence-corrected chi connectivity index (χ1v) is 4.63. The summed E-state index contributed by atoms with van der Waals surface area (Å²) in [5.74, 6) is 0. The molecule has 0 spiro atoms. The van der Waals surface area contributed by atoms with E-state index < -0.39 is 16.7 Å². The number of aliphatic hydroxyl groups is 1. The Labute approximate surface area is 87.6 Å². The third-order valence-electron chi connectivity index (χ3n) is 2.22. The monoisotopic (exact) mass is 213 g/mol. The average Bonchev–Trinajstić information content (AvgIpc) is 1.99. The Hall–Kier alpha value is -1.40. The second-order valence-corrected chi connectivity index (χ2v) is 3.89. The molecule has 84 valence electrons. The number of aliphatic hydroxyl groups excluding tert-OH is 1. The second kappa shape index (κ2) is 4.00. The minimum Gasteiger partial charge on any atom is -0.393 e. The lowest BCUT2D eigenvalue weighted by molar-refractivity contribution is -0.421. The van der Waals surface area contributed by atoms with Crippen LogP contribution in [0.25, 0.3) is 0 Å². The van der Waals surface area contributed by atoms with Crippen LogP contribution in [0.1, 0.15) is 20.3 Å². The summed E-state index contributed by atoms with van der Waals surface area (Å²) in [6, 6.07) is 0. The van der Waals surface area contributed by atoms with Gasteiger partial charge in [-0.1, -0.05) is 0 Å². The van der Waals surface area contributed by atoms with Crippen LogP contribution >= 0.6 is 0 Å².